The fraction of sp³-hybridized carbons (Fsp3) is 0.500. The smallest absolute Gasteiger partial charge is 0.252 e. The molecule has 5 rings (SSSR count). The van der Waals surface area contributed by atoms with Crippen LogP contribution in [0.3, 0.4) is 0 Å². The van der Waals surface area contributed by atoms with Crippen molar-refractivity contribution in [3.05, 3.63) is 45.4 Å². The number of thiophene rings is 1. The van der Waals surface area contributed by atoms with E-state index < -0.39 is 0 Å². The van der Waals surface area contributed by atoms with Crippen LogP contribution in [-0.2, 0) is 28.9 Å². The Morgan fingerprint density at radius 3 is 2.52 bits per heavy atom. The van der Waals surface area contributed by atoms with Gasteiger partial charge in [0, 0.05) is 52.6 Å². The first-order chi connectivity index (χ1) is 15.1. The lowest BCUT2D eigenvalue weighted by atomic mass is 9.85. The molecule has 0 radical (unpaired) electrons. The van der Waals surface area contributed by atoms with Crippen LogP contribution in [0, 0.1) is 17.8 Å². The Morgan fingerprint density at radius 2 is 1.81 bits per heavy atom. The van der Waals surface area contributed by atoms with E-state index in [9.17, 15) is 14.4 Å². The molecule has 2 fully saturated rings. The minimum atomic E-state index is -0.183. The Morgan fingerprint density at radius 1 is 1.03 bits per heavy atom. The van der Waals surface area contributed by atoms with E-state index in [0.717, 1.165) is 41.8 Å². The Balaban J connectivity index is 1.36. The van der Waals surface area contributed by atoms with E-state index in [1.54, 1.807) is 35.9 Å². The van der Waals surface area contributed by atoms with Gasteiger partial charge in [0.25, 0.3) is 5.91 Å². The lowest BCUT2D eigenvalue weighted by Gasteiger charge is -2.22. The third-order valence-electron chi connectivity index (χ3n) is 6.50. The fourth-order valence-corrected chi connectivity index (χ4v) is 5.65. The van der Waals surface area contributed by atoms with Gasteiger partial charge in [-0.05, 0) is 68.6 Å². The van der Waals surface area contributed by atoms with Crippen molar-refractivity contribution >= 4 is 34.6 Å². The molecule has 0 saturated heterocycles. The monoisotopic (exact) mass is 437 g/mol. The van der Waals surface area contributed by atoms with Crippen molar-refractivity contribution in [3.8, 4) is 0 Å². The molecule has 0 aliphatic heterocycles. The third kappa shape index (κ3) is 4.71. The number of carbonyl (C=O) groups excluding carboxylic acids is 3. The van der Waals surface area contributed by atoms with Gasteiger partial charge in [-0.15, -0.1) is 11.3 Å². The number of ketones is 1. The van der Waals surface area contributed by atoms with Crippen molar-refractivity contribution < 1.29 is 14.4 Å². The maximum Gasteiger partial charge on any atom is 0.252 e. The molecule has 31 heavy (non-hydrogen) atoms. The number of Topliss-reactive ketones (excluding diaryl/α,β-unsaturated/α-hetero) is 1. The Bertz CT molecular complexity index is 1010. The Labute approximate surface area is 185 Å². The van der Waals surface area contributed by atoms with Gasteiger partial charge in [0.2, 0.25) is 5.91 Å². The lowest BCUT2D eigenvalue weighted by Crippen LogP contribution is -2.31. The van der Waals surface area contributed by atoms with Crippen LogP contribution >= 0.6 is 11.3 Å². The number of rotatable bonds is 8. The number of pyridine rings is 1. The highest BCUT2D eigenvalue weighted by Crippen LogP contribution is 2.39. The standard InChI is InChI=1S/C24H27N3O3S/c28-19(15-3-4-15)12-21-22(24(30)26-13-14-1-2-14)18-11-16(5-6-20(18)31-21)23(29)27-17-7-9-25-10-8-17/h7-10,14-16H,1-6,11-13H2,(H,26,30)(H,25,27,29). The van der Waals surface area contributed by atoms with Crippen molar-refractivity contribution in [2.45, 2.75) is 51.4 Å². The first-order valence-electron chi connectivity index (χ1n) is 11.2. The topological polar surface area (TPSA) is 88.2 Å². The summed E-state index contributed by atoms with van der Waals surface area (Å²) in [5.74, 6) is 0.745. The minimum Gasteiger partial charge on any atom is -0.352 e. The van der Waals surface area contributed by atoms with Gasteiger partial charge in [-0.1, -0.05) is 0 Å². The summed E-state index contributed by atoms with van der Waals surface area (Å²) in [7, 11) is 0. The van der Waals surface area contributed by atoms with Crippen LogP contribution in [0.25, 0.3) is 0 Å². The quantitative estimate of drug-likeness (QED) is 0.661. The number of carbonyl (C=O) groups is 3. The first kappa shape index (κ1) is 20.4. The summed E-state index contributed by atoms with van der Waals surface area (Å²) in [6.07, 6.45) is 10.0. The van der Waals surface area contributed by atoms with Crippen LogP contribution in [-0.4, -0.2) is 29.1 Å². The largest absolute Gasteiger partial charge is 0.352 e. The number of nitrogens with zero attached hydrogens (tertiary/aromatic N) is 1. The summed E-state index contributed by atoms with van der Waals surface area (Å²) in [4.78, 5) is 44.6. The van der Waals surface area contributed by atoms with Crippen molar-refractivity contribution in [1.82, 2.24) is 10.3 Å². The van der Waals surface area contributed by atoms with Crippen molar-refractivity contribution in [2.24, 2.45) is 17.8 Å². The number of aryl methyl sites for hydroxylation is 1. The minimum absolute atomic E-state index is 0.0250. The second-order valence-corrected chi connectivity index (χ2v) is 10.2. The van der Waals surface area contributed by atoms with Crippen LogP contribution in [0.1, 0.15) is 57.8 Å². The molecule has 2 amide bonds. The molecule has 0 bridgehead atoms. The Hall–Kier alpha value is -2.54. The summed E-state index contributed by atoms with van der Waals surface area (Å²) in [6, 6.07) is 3.55. The van der Waals surface area contributed by atoms with E-state index in [-0.39, 0.29) is 29.4 Å². The zero-order chi connectivity index (χ0) is 21.4. The average molecular weight is 438 g/mol. The SMILES string of the molecule is O=C(NCC1CC1)c1c(CC(=O)C2CC2)sc2c1CC(C(=O)Nc1ccncc1)CC2. The van der Waals surface area contributed by atoms with Gasteiger partial charge in [-0.25, -0.2) is 0 Å². The zero-order valence-corrected chi connectivity index (χ0v) is 18.3. The predicted molar refractivity (Wildman–Crippen MR) is 119 cm³/mol. The first-order valence-corrected chi connectivity index (χ1v) is 12.1. The molecule has 0 aromatic carbocycles. The van der Waals surface area contributed by atoms with E-state index in [0.29, 0.717) is 30.9 Å². The highest BCUT2D eigenvalue weighted by Gasteiger charge is 2.35. The molecule has 1 atom stereocenters. The molecule has 2 N–H and O–H groups in total. The molecular weight excluding hydrogens is 410 g/mol. The third-order valence-corrected chi connectivity index (χ3v) is 7.79. The van der Waals surface area contributed by atoms with E-state index in [1.165, 1.54) is 17.7 Å². The van der Waals surface area contributed by atoms with E-state index in [4.69, 9.17) is 0 Å². The van der Waals surface area contributed by atoms with E-state index in [2.05, 4.69) is 15.6 Å². The normalized spacial score (nSPS) is 20.1. The van der Waals surface area contributed by atoms with E-state index >= 15 is 0 Å². The summed E-state index contributed by atoms with van der Waals surface area (Å²) in [5, 5.41) is 6.06. The van der Waals surface area contributed by atoms with Gasteiger partial charge in [-0.2, -0.15) is 0 Å². The number of hydrogen-bond acceptors (Lipinski definition) is 5. The molecule has 2 saturated carbocycles. The van der Waals surface area contributed by atoms with Crippen LogP contribution in [0.2, 0.25) is 0 Å². The second-order valence-electron chi connectivity index (χ2n) is 9.04. The molecule has 6 nitrogen and oxygen atoms in total. The Kier molecular flexibility index (Phi) is 5.61. The molecule has 2 aromatic heterocycles. The predicted octanol–water partition coefficient (Wildman–Crippen LogP) is 3.55. The highest BCUT2D eigenvalue weighted by atomic mass is 32.1. The average Bonchev–Trinajstić information content (AvgIpc) is 3.68. The number of nitrogens with one attached hydrogen (secondary N) is 2. The van der Waals surface area contributed by atoms with Gasteiger partial charge < -0.3 is 10.6 Å². The summed E-state index contributed by atoms with van der Waals surface area (Å²) in [5.41, 5.74) is 2.39. The van der Waals surface area contributed by atoms with Crippen molar-refractivity contribution in [2.75, 3.05) is 11.9 Å². The molecule has 1 unspecified atom stereocenters. The molecule has 3 aliphatic carbocycles. The van der Waals surface area contributed by atoms with Crippen LogP contribution in [0.5, 0.6) is 0 Å². The van der Waals surface area contributed by atoms with Gasteiger partial charge in [-0.3, -0.25) is 19.4 Å². The molecule has 162 valence electrons. The molecular formula is C24H27N3O3S. The van der Waals surface area contributed by atoms with Crippen molar-refractivity contribution in [3.63, 3.8) is 0 Å². The van der Waals surface area contributed by atoms with Crippen LogP contribution < -0.4 is 10.6 Å². The number of anilines is 1. The van der Waals surface area contributed by atoms with Gasteiger partial charge in [0.1, 0.15) is 5.78 Å². The van der Waals surface area contributed by atoms with Gasteiger partial charge >= 0.3 is 0 Å². The fourth-order valence-electron chi connectivity index (χ4n) is 4.29. The second kappa shape index (κ2) is 8.54. The van der Waals surface area contributed by atoms with Crippen LogP contribution in [0.4, 0.5) is 5.69 Å². The summed E-state index contributed by atoms with van der Waals surface area (Å²) in [6.45, 7) is 0.700. The van der Waals surface area contributed by atoms with E-state index in [1.807, 2.05) is 0 Å². The van der Waals surface area contributed by atoms with Gasteiger partial charge in [0.05, 0.1) is 5.56 Å². The molecule has 7 heteroatoms. The van der Waals surface area contributed by atoms with Gasteiger partial charge in [0.15, 0.2) is 0 Å². The zero-order valence-electron chi connectivity index (χ0n) is 17.5. The molecule has 2 heterocycles. The van der Waals surface area contributed by atoms with Crippen LogP contribution in [0.15, 0.2) is 24.5 Å². The number of amides is 2. The summed E-state index contributed by atoms with van der Waals surface area (Å²) >= 11 is 1.61. The van der Waals surface area contributed by atoms with Crippen molar-refractivity contribution in [1.29, 1.82) is 0 Å². The molecule has 2 aromatic rings. The molecule has 3 aliphatic rings. The number of aromatic nitrogens is 1. The maximum absolute atomic E-state index is 13.1. The lowest BCUT2D eigenvalue weighted by molar-refractivity contribution is -0.120. The number of fused-ring (bicyclic) bond motifs is 1. The summed E-state index contributed by atoms with van der Waals surface area (Å²) < 4.78 is 0. The maximum atomic E-state index is 13.1. The highest BCUT2D eigenvalue weighted by molar-refractivity contribution is 7.12. The number of hydrogen-bond donors (Lipinski definition) is 2. The molecule has 0 spiro atoms.